The third-order valence-corrected chi connectivity index (χ3v) is 5.58. The molecule has 2 aromatic heterocycles. The molecule has 7 heteroatoms. The van der Waals surface area contributed by atoms with Crippen LogP contribution in [0.4, 0.5) is 0 Å². The van der Waals surface area contributed by atoms with E-state index in [0.29, 0.717) is 23.3 Å². The Morgan fingerprint density at radius 3 is 2.88 bits per heavy atom. The molecular formula is C19H25N5O2. The maximum atomic E-state index is 13.0. The van der Waals surface area contributed by atoms with Crippen molar-refractivity contribution < 1.29 is 9.90 Å². The number of aromatic nitrogens is 4. The molecule has 7 nitrogen and oxygen atoms in total. The predicted octanol–water partition coefficient (Wildman–Crippen LogP) is 1.85. The Labute approximate surface area is 152 Å². The van der Waals surface area contributed by atoms with Gasteiger partial charge in [0.15, 0.2) is 11.5 Å². The number of amides is 1. The fourth-order valence-electron chi connectivity index (χ4n) is 3.84. The molecule has 1 fully saturated rings. The summed E-state index contributed by atoms with van der Waals surface area (Å²) in [7, 11) is 0. The SMILES string of the molecule is CC(C)(C)[C@@H](CO)NC(=O)c1nn(-c2cnccn2)c2c1CCC1CC21. The molecule has 2 unspecified atom stereocenters. The van der Waals surface area contributed by atoms with Crippen LogP contribution in [0, 0.1) is 11.3 Å². The molecule has 26 heavy (non-hydrogen) atoms. The molecule has 1 amide bonds. The lowest BCUT2D eigenvalue weighted by atomic mass is 9.87. The maximum absolute atomic E-state index is 13.0. The van der Waals surface area contributed by atoms with E-state index < -0.39 is 0 Å². The topological polar surface area (TPSA) is 92.9 Å². The van der Waals surface area contributed by atoms with Gasteiger partial charge >= 0.3 is 0 Å². The van der Waals surface area contributed by atoms with Gasteiger partial charge in [-0.1, -0.05) is 20.8 Å². The summed E-state index contributed by atoms with van der Waals surface area (Å²) in [5.74, 6) is 1.58. The Morgan fingerprint density at radius 1 is 1.42 bits per heavy atom. The van der Waals surface area contributed by atoms with E-state index in [0.717, 1.165) is 30.5 Å². The molecule has 2 aliphatic carbocycles. The second-order valence-corrected chi connectivity index (χ2v) is 8.40. The van der Waals surface area contributed by atoms with Gasteiger partial charge in [0.2, 0.25) is 0 Å². The average Bonchev–Trinajstić information content (AvgIpc) is 3.31. The van der Waals surface area contributed by atoms with Crippen molar-refractivity contribution in [1.82, 2.24) is 25.1 Å². The van der Waals surface area contributed by atoms with Crippen LogP contribution >= 0.6 is 0 Å². The van der Waals surface area contributed by atoms with Crippen LogP contribution in [0.3, 0.4) is 0 Å². The molecule has 1 saturated carbocycles. The second kappa shape index (κ2) is 6.16. The zero-order valence-corrected chi connectivity index (χ0v) is 15.4. The highest BCUT2D eigenvalue weighted by Crippen LogP contribution is 2.55. The Balaban J connectivity index is 1.72. The number of carbonyl (C=O) groups is 1. The van der Waals surface area contributed by atoms with E-state index in [4.69, 9.17) is 0 Å². The largest absolute Gasteiger partial charge is 0.394 e. The Hall–Kier alpha value is -2.28. The normalized spacial score (nSPS) is 22.3. The van der Waals surface area contributed by atoms with Crippen LogP contribution in [-0.4, -0.2) is 43.4 Å². The second-order valence-electron chi connectivity index (χ2n) is 8.40. The first kappa shape index (κ1) is 17.1. The van der Waals surface area contributed by atoms with Crippen LogP contribution in [0.2, 0.25) is 0 Å². The summed E-state index contributed by atoms with van der Waals surface area (Å²) in [6.07, 6.45) is 8.06. The summed E-state index contributed by atoms with van der Waals surface area (Å²) in [5, 5.41) is 17.3. The van der Waals surface area contributed by atoms with Crippen LogP contribution in [0.15, 0.2) is 18.6 Å². The van der Waals surface area contributed by atoms with Crippen molar-refractivity contribution in [3.8, 4) is 5.82 Å². The number of fused-ring (bicyclic) bond motifs is 3. The Morgan fingerprint density at radius 2 is 2.23 bits per heavy atom. The fraction of sp³-hybridized carbons (Fsp3) is 0.579. The zero-order chi connectivity index (χ0) is 18.5. The average molecular weight is 355 g/mol. The Bertz CT molecular complexity index is 824. The van der Waals surface area contributed by atoms with Gasteiger partial charge in [-0.05, 0) is 30.6 Å². The first-order valence-corrected chi connectivity index (χ1v) is 9.20. The van der Waals surface area contributed by atoms with Crippen molar-refractivity contribution in [1.29, 1.82) is 0 Å². The van der Waals surface area contributed by atoms with Crippen molar-refractivity contribution in [3.63, 3.8) is 0 Å². The van der Waals surface area contributed by atoms with E-state index in [1.54, 1.807) is 23.3 Å². The van der Waals surface area contributed by atoms with Crippen molar-refractivity contribution in [2.75, 3.05) is 6.61 Å². The number of hydrogen-bond donors (Lipinski definition) is 2. The molecular weight excluding hydrogens is 330 g/mol. The minimum absolute atomic E-state index is 0.104. The number of nitrogens with one attached hydrogen (secondary N) is 1. The smallest absolute Gasteiger partial charge is 0.272 e. The molecule has 3 atom stereocenters. The molecule has 138 valence electrons. The van der Waals surface area contributed by atoms with Gasteiger partial charge in [-0.2, -0.15) is 5.10 Å². The third-order valence-electron chi connectivity index (χ3n) is 5.58. The van der Waals surface area contributed by atoms with Gasteiger partial charge in [-0.15, -0.1) is 0 Å². The summed E-state index contributed by atoms with van der Waals surface area (Å²) in [5.41, 5.74) is 2.36. The van der Waals surface area contributed by atoms with Crippen LogP contribution in [0.25, 0.3) is 5.82 Å². The number of rotatable bonds is 4. The van der Waals surface area contributed by atoms with E-state index >= 15 is 0 Å². The summed E-state index contributed by atoms with van der Waals surface area (Å²) < 4.78 is 1.80. The number of nitrogens with zero attached hydrogens (tertiary/aromatic N) is 4. The van der Waals surface area contributed by atoms with Crippen molar-refractivity contribution >= 4 is 5.91 Å². The number of aliphatic hydroxyl groups excluding tert-OH is 1. The molecule has 2 aliphatic rings. The van der Waals surface area contributed by atoms with E-state index in [2.05, 4.69) is 20.4 Å². The highest BCUT2D eigenvalue weighted by molar-refractivity contribution is 5.94. The summed E-state index contributed by atoms with van der Waals surface area (Å²) in [6, 6.07) is -0.329. The minimum Gasteiger partial charge on any atom is -0.394 e. The maximum Gasteiger partial charge on any atom is 0.272 e. The number of aliphatic hydroxyl groups is 1. The lowest BCUT2D eigenvalue weighted by Crippen LogP contribution is -2.46. The predicted molar refractivity (Wildman–Crippen MR) is 96.1 cm³/mol. The van der Waals surface area contributed by atoms with E-state index in [9.17, 15) is 9.90 Å². The van der Waals surface area contributed by atoms with Crippen LogP contribution in [0.1, 0.15) is 61.3 Å². The molecule has 0 spiro atoms. The van der Waals surface area contributed by atoms with Gasteiger partial charge < -0.3 is 10.4 Å². The summed E-state index contributed by atoms with van der Waals surface area (Å²) >= 11 is 0. The molecule has 0 radical (unpaired) electrons. The van der Waals surface area contributed by atoms with E-state index in [-0.39, 0.29) is 24.0 Å². The molecule has 0 saturated heterocycles. The van der Waals surface area contributed by atoms with Crippen LogP contribution in [-0.2, 0) is 6.42 Å². The lowest BCUT2D eigenvalue weighted by Gasteiger charge is -2.29. The van der Waals surface area contributed by atoms with Gasteiger partial charge in [0.1, 0.15) is 0 Å². The van der Waals surface area contributed by atoms with E-state index in [1.807, 2.05) is 20.8 Å². The molecule has 0 aromatic carbocycles. The molecule has 0 aliphatic heterocycles. The van der Waals surface area contributed by atoms with E-state index in [1.165, 1.54) is 0 Å². The standard InChI is InChI=1S/C19H25N5O2/c1-19(2,3)14(10-25)22-18(26)16-12-5-4-11-8-13(11)17(12)24(23-16)15-9-20-6-7-21-15/h6-7,9,11,13-14,25H,4-5,8,10H2,1-3H3,(H,22,26)/t11?,13?,14-/m1/s1. The van der Waals surface area contributed by atoms with Crippen molar-refractivity contribution in [2.24, 2.45) is 11.3 Å². The highest BCUT2D eigenvalue weighted by atomic mass is 16.3. The minimum atomic E-state index is -0.329. The van der Waals surface area contributed by atoms with Gasteiger partial charge in [0.25, 0.3) is 5.91 Å². The molecule has 4 rings (SSSR count). The van der Waals surface area contributed by atoms with Gasteiger partial charge in [0, 0.05) is 23.9 Å². The lowest BCUT2D eigenvalue weighted by molar-refractivity contribution is 0.0841. The monoisotopic (exact) mass is 355 g/mol. The third kappa shape index (κ3) is 2.90. The first-order valence-electron chi connectivity index (χ1n) is 9.20. The van der Waals surface area contributed by atoms with Crippen molar-refractivity contribution in [2.45, 2.75) is 52.0 Å². The Kier molecular flexibility index (Phi) is 4.06. The summed E-state index contributed by atoms with van der Waals surface area (Å²) in [4.78, 5) is 21.5. The fourth-order valence-corrected chi connectivity index (χ4v) is 3.84. The quantitative estimate of drug-likeness (QED) is 0.873. The van der Waals surface area contributed by atoms with Gasteiger partial charge in [0.05, 0.1) is 24.5 Å². The molecule has 2 aromatic rings. The number of hydrogen-bond acceptors (Lipinski definition) is 5. The van der Waals surface area contributed by atoms with Crippen molar-refractivity contribution in [3.05, 3.63) is 35.5 Å². The number of carbonyl (C=O) groups excluding carboxylic acids is 1. The summed E-state index contributed by atoms with van der Waals surface area (Å²) in [6.45, 7) is 5.89. The molecule has 2 heterocycles. The van der Waals surface area contributed by atoms with Gasteiger partial charge in [-0.3, -0.25) is 9.78 Å². The van der Waals surface area contributed by atoms with Crippen LogP contribution in [0.5, 0.6) is 0 Å². The highest BCUT2D eigenvalue weighted by Gasteiger charge is 2.47. The first-order chi connectivity index (χ1) is 12.4. The van der Waals surface area contributed by atoms with Crippen LogP contribution < -0.4 is 5.32 Å². The van der Waals surface area contributed by atoms with Gasteiger partial charge in [-0.25, -0.2) is 9.67 Å². The molecule has 2 N–H and O–H groups in total. The molecule has 0 bridgehead atoms. The zero-order valence-electron chi connectivity index (χ0n) is 15.4.